The lowest BCUT2D eigenvalue weighted by atomic mass is 10.1. The Bertz CT molecular complexity index is 577. The van der Waals surface area contributed by atoms with E-state index < -0.39 is 0 Å². The molecule has 3 unspecified atom stereocenters. The number of rotatable bonds is 9. The molecule has 1 aromatic rings. The van der Waals surface area contributed by atoms with Crippen molar-refractivity contribution in [3.05, 3.63) is 53.9 Å². The molecule has 126 valence electrons. The summed E-state index contributed by atoms with van der Waals surface area (Å²) in [6.45, 7) is 12.1. The Morgan fingerprint density at radius 2 is 2.13 bits per heavy atom. The molecule has 1 rings (SSSR count). The zero-order valence-corrected chi connectivity index (χ0v) is 16.5. The summed E-state index contributed by atoms with van der Waals surface area (Å²) in [5.41, 5.74) is 0.842. The molecule has 0 radical (unpaired) electrons. The summed E-state index contributed by atoms with van der Waals surface area (Å²) in [6.07, 6.45) is 7.73. The van der Waals surface area contributed by atoms with Gasteiger partial charge in [0.15, 0.2) is 0 Å². The lowest BCUT2D eigenvalue weighted by Gasteiger charge is -2.19. The number of aliphatic hydroxyl groups excluding tert-OH is 1. The van der Waals surface area contributed by atoms with Gasteiger partial charge in [-0.2, -0.15) is 0 Å². The van der Waals surface area contributed by atoms with Gasteiger partial charge in [-0.15, -0.1) is 0 Å². The van der Waals surface area contributed by atoms with Gasteiger partial charge in [-0.05, 0) is 38.0 Å². The van der Waals surface area contributed by atoms with Crippen LogP contribution in [-0.2, 0) is 0 Å². The maximum atomic E-state index is 10.9. The predicted molar refractivity (Wildman–Crippen MR) is 108 cm³/mol. The minimum Gasteiger partial charge on any atom is -0.506 e. The van der Waals surface area contributed by atoms with Crippen molar-refractivity contribution in [1.82, 2.24) is 0 Å². The lowest BCUT2D eigenvalue weighted by Crippen LogP contribution is -2.15. The molecule has 0 bridgehead atoms. The van der Waals surface area contributed by atoms with E-state index in [-0.39, 0.29) is 6.10 Å². The van der Waals surface area contributed by atoms with Crippen LogP contribution in [0.1, 0.15) is 32.3 Å². The largest absolute Gasteiger partial charge is 0.506 e. The highest BCUT2D eigenvalue weighted by atomic mass is 31.1. The van der Waals surface area contributed by atoms with Crippen molar-refractivity contribution < 1.29 is 9.84 Å². The average Bonchev–Trinajstić information content (AvgIpc) is 2.55. The SMILES string of the molecule is C=C/C=C\C(PC)=C(/O)c1c(OC(C)CCC)cccc1PC. The van der Waals surface area contributed by atoms with E-state index >= 15 is 0 Å². The fourth-order valence-electron chi connectivity index (χ4n) is 2.34. The van der Waals surface area contributed by atoms with Crippen LogP contribution in [0, 0.1) is 0 Å². The van der Waals surface area contributed by atoms with Crippen LogP contribution in [0.3, 0.4) is 0 Å². The molecule has 0 saturated heterocycles. The van der Waals surface area contributed by atoms with Crippen LogP contribution in [-0.4, -0.2) is 24.5 Å². The normalized spacial score (nSPS) is 14.8. The minimum atomic E-state index is 0.137. The van der Waals surface area contributed by atoms with Gasteiger partial charge >= 0.3 is 0 Å². The van der Waals surface area contributed by atoms with Crippen LogP contribution in [0.2, 0.25) is 0 Å². The predicted octanol–water partition coefficient (Wildman–Crippen LogP) is 5.46. The smallest absolute Gasteiger partial charge is 0.134 e. The first-order valence-electron chi connectivity index (χ1n) is 7.96. The van der Waals surface area contributed by atoms with Crippen molar-refractivity contribution in [1.29, 1.82) is 0 Å². The summed E-state index contributed by atoms with van der Waals surface area (Å²) in [6, 6.07) is 6.02. The molecule has 1 N–H and O–H groups in total. The van der Waals surface area contributed by atoms with Gasteiger partial charge in [0, 0.05) is 5.31 Å². The Kier molecular flexibility index (Phi) is 9.22. The topological polar surface area (TPSA) is 29.5 Å². The van der Waals surface area contributed by atoms with Gasteiger partial charge in [-0.25, -0.2) is 0 Å². The first-order chi connectivity index (χ1) is 11.1. The number of benzene rings is 1. The van der Waals surface area contributed by atoms with Crippen LogP contribution in [0.4, 0.5) is 0 Å². The molecule has 0 fully saturated rings. The Morgan fingerprint density at radius 3 is 2.70 bits per heavy atom. The van der Waals surface area contributed by atoms with Crippen LogP contribution in [0.15, 0.2) is 48.3 Å². The van der Waals surface area contributed by atoms with Crippen molar-refractivity contribution in [3.63, 3.8) is 0 Å². The second-order valence-electron chi connectivity index (χ2n) is 5.25. The molecule has 2 nitrogen and oxygen atoms in total. The van der Waals surface area contributed by atoms with Crippen molar-refractivity contribution in [2.75, 3.05) is 13.3 Å². The Hall–Kier alpha value is -1.10. The molecule has 0 amide bonds. The van der Waals surface area contributed by atoms with E-state index in [0.29, 0.717) is 22.9 Å². The van der Waals surface area contributed by atoms with Gasteiger partial charge < -0.3 is 9.84 Å². The maximum Gasteiger partial charge on any atom is 0.134 e. The Balaban J connectivity index is 3.38. The van der Waals surface area contributed by atoms with Crippen molar-refractivity contribution in [3.8, 4) is 5.75 Å². The highest BCUT2D eigenvalue weighted by Gasteiger charge is 2.17. The van der Waals surface area contributed by atoms with E-state index in [2.05, 4.69) is 39.8 Å². The van der Waals surface area contributed by atoms with Gasteiger partial charge in [-0.1, -0.05) is 67.4 Å². The van der Waals surface area contributed by atoms with Crippen molar-refractivity contribution in [2.45, 2.75) is 32.8 Å². The number of ether oxygens (including phenoxy) is 1. The van der Waals surface area contributed by atoms with Crippen LogP contribution in [0.5, 0.6) is 5.75 Å². The fourth-order valence-corrected chi connectivity index (χ4v) is 3.72. The van der Waals surface area contributed by atoms with Gasteiger partial charge in [-0.3, -0.25) is 0 Å². The van der Waals surface area contributed by atoms with Crippen LogP contribution < -0.4 is 10.0 Å². The number of aliphatic hydroxyl groups is 1. The van der Waals surface area contributed by atoms with E-state index in [1.807, 2.05) is 24.3 Å². The second kappa shape index (κ2) is 10.6. The molecule has 0 aromatic heterocycles. The Morgan fingerprint density at radius 1 is 1.39 bits per heavy atom. The zero-order chi connectivity index (χ0) is 17.2. The summed E-state index contributed by atoms with van der Waals surface area (Å²) in [7, 11) is 1.09. The van der Waals surface area contributed by atoms with Gasteiger partial charge in [0.25, 0.3) is 0 Å². The number of allylic oxidation sites excluding steroid dienone is 4. The van der Waals surface area contributed by atoms with Gasteiger partial charge in [0.05, 0.1) is 11.7 Å². The third-order valence-corrected chi connectivity index (χ3v) is 5.38. The monoisotopic (exact) mass is 350 g/mol. The highest BCUT2D eigenvalue weighted by molar-refractivity contribution is 7.46. The van der Waals surface area contributed by atoms with E-state index in [0.717, 1.165) is 34.8 Å². The summed E-state index contributed by atoms with van der Waals surface area (Å²) in [5.74, 6) is 1.10. The van der Waals surface area contributed by atoms with E-state index in [4.69, 9.17) is 4.74 Å². The third-order valence-electron chi connectivity index (χ3n) is 3.48. The molecule has 0 spiro atoms. The molecule has 4 heteroatoms. The molecule has 23 heavy (non-hydrogen) atoms. The van der Waals surface area contributed by atoms with Crippen molar-refractivity contribution in [2.24, 2.45) is 0 Å². The second-order valence-corrected chi connectivity index (χ2v) is 7.33. The maximum absolute atomic E-state index is 10.9. The van der Waals surface area contributed by atoms with Gasteiger partial charge in [0.1, 0.15) is 11.5 Å². The molecule has 0 aliphatic carbocycles. The summed E-state index contributed by atoms with van der Waals surface area (Å²) >= 11 is 0. The minimum absolute atomic E-state index is 0.137. The van der Waals surface area contributed by atoms with Crippen molar-refractivity contribution >= 4 is 28.2 Å². The van der Waals surface area contributed by atoms with E-state index in [1.54, 1.807) is 6.08 Å². The molecular formula is C19H28O2P2. The first-order valence-corrected chi connectivity index (χ1v) is 11.0. The molecule has 0 saturated carbocycles. The zero-order valence-electron chi connectivity index (χ0n) is 14.5. The third kappa shape index (κ3) is 5.79. The van der Waals surface area contributed by atoms with Crippen LogP contribution >= 0.6 is 17.2 Å². The molecule has 1 aromatic carbocycles. The summed E-state index contributed by atoms with van der Waals surface area (Å²) in [4.78, 5) is 0. The summed E-state index contributed by atoms with van der Waals surface area (Å²) < 4.78 is 6.12. The van der Waals surface area contributed by atoms with E-state index in [1.165, 1.54) is 0 Å². The molecular weight excluding hydrogens is 322 g/mol. The quantitative estimate of drug-likeness (QED) is 0.364. The molecule has 0 heterocycles. The molecule has 0 aliphatic heterocycles. The number of hydrogen-bond donors (Lipinski definition) is 1. The van der Waals surface area contributed by atoms with Gasteiger partial charge in [0.2, 0.25) is 0 Å². The standard InChI is InChI=1S/C19H28O2P2/c1-6-8-12-17(23-5)19(20)18-15(21-14(3)10-7-2)11-9-13-16(18)22-4/h6,8-9,11-14,20,22-23H,1,7,10H2,2-5H3/b12-8-,19-17+. The van der Waals surface area contributed by atoms with E-state index in [9.17, 15) is 5.11 Å². The molecule has 0 aliphatic rings. The first kappa shape index (κ1) is 19.9. The highest BCUT2D eigenvalue weighted by Crippen LogP contribution is 2.35. The lowest BCUT2D eigenvalue weighted by molar-refractivity contribution is 0.209. The van der Waals surface area contributed by atoms with Crippen LogP contribution in [0.25, 0.3) is 5.76 Å². The fraction of sp³-hybridized carbons (Fsp3) is 0.368. The molecule has 3 atom stereocenters. The Labute approximate surface area is 144 Å². The summed E-state index contributed by atoms with van der Waals surface area (Å²) in [5, 5.41) is 12.9. The average molecular weight is 350 g/mol. The number of hydrogen-bond acceptors (Lipinski definition) is 2.